The molecule has 4 nitrogen and oxygen atoms in total. The Hall–Kier alpha value is -3.27. The van der Waals surface area contributed by atoms with Crippen molar-refractivity contribution in [2.45, 2.75) is 13.5 Å². The van der Waals surface area contributed by atoms with Gasteiger partial charge in [-0.05, 0) is 48.9 Å². The first kappa shape index (κ1) is 18.5. The van der Waals surface area contributed by atoms with E-state index in [2.05, 4.69) is 41.4 Å². The summed E-state index contributed by atoms with van der Waals surface area (Å²) < 4.78 is 5.47. The molecule has 1 amide bonds. The van der Waals surface area contributed by atoms with Crippen molar-refractivity contribution < 1.29 is 9.53 Å². The maximum absolute atomic E-state index is 12.1. The van der Waals surface area contributed by atoms with Gasteiger partial charge in [0, 0.05) is 24.5 Å². The molecule has 138 valence electrons. The fourth-order valence-corrected chi connectivity index (χ4v) is 2.81. The van der Waals surface area contributed by atoms with Gasteiger partial charge in [0.1, 0.15) is 5.75 Å². The third kappa shape index (κ3) is 5.61. The number of ether oxygens (including phenoxy) is 1. The lowest BCUT2D eigenvalue weighted by atomic mass is 10.2. The predicted octanol–water partition coefficient (Wildman–Crippen LogP) is 4.73. The summed E-state index contributed by atoms with van der Waals surface area (Å²) in [6, 6.07) is 27.6. The van der Waals surface area contributed by atoms with Crippen LogP contribution in [0.4, 0.5) is 11.4 Å². The lowest BCUT2D eigenvalue weighted by molar-refractivity contribution is -0.118. The van der Waals surface area contributed by atoms with E-state index in [9.17, 15) is 4.79 Å². The van der Waals surface area contributed by atoms with Crippen LogP contribution in [0.15, 0.2) is 84.9 Å². The monoisotopic (exact) mass is 360 g/mol. The van der Waals surface area contributed by atoms with Crippen molar-refractivity contribution in [1.82, 2.24) is 0 Å². The zero-order chi connectivity index (χ0) is 18.9. The van der Waals surface area contributed by atoms with Crippen molar-refractivity contribution in [3.8, 4) is 5.75 Å². The quantitative estimate of drug-likeness (QED) is 0.631. The van der Waals surface area contributed by atoms with Crippen LogP contribution in [0, 0.1) is 0 Å². The lowest BCUT2D eigenvalue weighted by Crippen LogP contribution is -2.22. The molecule has 0 atom stereocenters. The molecule has 0 aliphatic heterocycles. The number of para-hydroxylation sites is 1. The maximum Gasteiger partial charge on any atom is 0.262 e. The fraction of sp³-hybridized carbons (Fsp3) is 0.174. The molecule has 0 radical (unpaired) electrons. The molecule has 0 aliphatic rings. The summed E-state index contributed by atoms with van der Waals surface area (Å²) in [7, 11) is 0. The summed E-state index contributed by atoms with van der Waals surface area (Å²) in [4.78, 5) is 14.3. The van der Waals surface area contributed by atoms with Crippen molar-refractivity contribution in [2.24, 2.45) is 0 Å². The molecule has 0 saturated carbocycles. The van der Waals surface area contributed by atoms with E-state index in [0.29, 0.717) is 5.75 Å². The summed E-state index contributed by atoms with van der Waals surface area (Å²) in [5.74, 6) is 0.505. The second kappa shape index (κ2) is 9.43. The van der Waals surface area contributed by atoms with Crippen LogP contribution in [-0.4, -0.2) is 19.1 Å². The van der Waals surface area contributed by atoms with Gasteiger partial charge in [-0.15, -0.1) is 0 Å². The molecule has 3 aromatic carbocycles. The Morgan fingerprint density at radius 1 is 0.889 bits per heavy atom. The first-order valence-corrected chi connectivity index (χ1v) is 9.11. The zero-order valence-electron chi connectivity index (χ0n) is 15.5. The molecule has 3 aromatic rings. The van der Waals surface area contributed by atoms with Crippen LogP contribution in [-0.2, 0) is 11.3 Å². The number of amides is 1. The fourth-order valence-electron chi connectivity index (χ4n) is 2.81. The molecule has 0 saturated heterocycles. The van der Waals surface area contributed by atoms with Gasteiger partial charge in [-0.25, -0.2) is 0 Å². The molecule has 0 aromatic heterocycles. The van der Waals surface area contributed by atoms with Crippen molar-refractivity contribution >= 4 is 17.3 Å². The number of benzene rings is 3. The Labute approximate surface area is 160 Å². The number of nitrogens with one attached hydrogen (secondary N) is 1. The van der Waals surface area contributed by atoms with E-state index >= 15 is 0 Å². The third-order valence-electron chi connectivity index (χ3n) is 4.23. The molecular weight excluding hydrogens is 336 g/mol. The number of carbonyl (C=O) groups excluding carboxylic acids is 1. The van der Waals surface area contributed by atoms with E-state index in [1.807, 2.05) is 60.7 Å². The number of carbonyl (C=O) groups is 1. The number of rotatable bonds is 8. The van der Waals surface area contributed by atoms with Crippen molar-refractivity contribution in [1.29, 1.82) is 0 Å². The predicted molar refractivity (Wildman–Crippen MR) is 110 cm³/mol. The summed E-state index contributed by atoms with van der Waals surface area (Å²) in [5.41, 5.74) is 3.16. The van der Waals surface area contributed by atoms with E-state index in [0.717, 1.165) is 24.5 Å². The zero-order valence-corrected chi connectivity index (χ0v) is 15.5. The van der Waals surface area contributed by atoms with Crippen LogP contribution < -0.4 is 15.0 Å². The van der Waals surface area contributed by atoms with Crippen LogP contribution in [0.1, 0.15) is 12.5 Å². The molecule has 4 heteroatoms. The Bertz CT molecular complexity index is 833. The molecule has 0 spiro atoms. The summed E-state index contributed by atoms with van der Waals surface area (Å²) >= 11 is 0. The molecule has 0 unspecified atom stereocenters. The van der Waals surface area contributed by atoms with Crippen molar-refractivity contribution in [3.63, 3.8) is 0 Å². The van der Waals surface area contributed by atoms with Crippen LogP contribution in [0.2, 0.25) is 0 Å². The maximum atomic E-state index is 12.1. The van der Waals surface area contributed by atoms with Gasteiger partial charge in [-0.3, -0.25) is 4.79 Å². The number of anilines is 2. The van der Waals surface area contributed by atoms with Gasteiger partial charge in [-0.1, -0.05) is 48.5 Å². The van der Waals surface area contributed by atoms with E-state index in [4.69, 9.17) is 4.74 Å². The molecule has 3 rings (SSSR count). The highest BCUT2D eigenvalue weighted by molar-refractivity contribution is 5.92. The molecule has 0 fully saturated rings. The van der Waals surface area contributed by atoms with E-state index in [-0.39, 0.29) is 12.5 Å². The smallest absolute Gasteiger partial charge is 0.262 e. The normalized spacial score (nSPS) is 10.3. The minimum absolute atomic E-state index is 0.0130. The van der Waals surface area contributed by atoms with Crippen LogP contribution in [0.5, 0.6) is 5.75 Å². The van der Waals surface area contributed by atoms with Gasteiger partial charge in [-0.2, -0.15) is 0 Å². The first-order valence-electron chi connectivity index (χ1n) is 9.11. The number of nitrogens with zero attached hydrogens (tertiary/aromatic N) is 1. The van der Waals surface area contributed by atoms with E-state index < -0.39 is 0 Å². The highest BCUT2D eigenvalue weighted by atomic mass is 16.5. The Morgan fingerprint density at radius 3 is 2.15 bits per heavy atom. The average Bonchev–Trinajstić information content (AvgIpc) is 2.73. The third-order valence-corrected chi connectivity index (χ3v) is 4.23. The summed E-state index contributed by atoms with van der Waals surface area (Å²) in [6.07, 6.45) is 0. The molecule has 0 heterocycles. The summed E-state index contributed by atoms with van der Waals surface area (Å²) in [5, 5.41) is 2.86. The van der Waals surface area contributed by atoms with Crippen molar-refractivity contribution in [2.75, 3.05) is 23.4 Å². The Morgan fingerprint density at radius 2 is 1.52 bits per heavy atom. The van der Waals surface area contributed by atoms with Gasteiger partial charge in [0.25, 0.3) is 5.91 Å². The Balaban J connectivity index is 1.55. The van der Waals surface area contributed by atoms with E-state index in [1.54, 1.807) is 0 Å². The van der Waals surface area contributed by atoms with Gasteiger partial charge in [0.05, 0.1) is 0 Å². The highest BCUT2D eigenvalue weighted by Crippen LogP contribution is 2.20. The van der Waals surface area contributed by atoms with Crippen molar-refractivity contribution in [3.05, 3.63) is 90.5 Å². The van der Waals surface area contributed by atoms with Crippen LogP contribution in [0.25, 0.3) is 0 Å². The number of hydrogen-bond donors (Lipinski definition) is 1. The Kier molecular flexibility index (Phi) is 6.47. The van der Waals surface area contributed by atoms with Crippen LogP contribution >= 0.6 is 0 Å². The first-order chi connectivity index (χ1) is 13.2. The van der Waals surface area contributed by atoms with Gasteiger partial charge in [0.15, 0.2) is 6.61 Å². The van der Waals surface area contributed by atoms with E-state index in [1.165, 1.54) is 5.56 Å². The molecular formula is C23H24N2O2. The minimum Gasteiger partial charge on any atom is -0.484 e. The lowest BCUT2D eigenvalue weighted by Gasteiger charge is -2.23. The molecule has 27 heavy (non-hydrogen) atoms. The largest absolute Gasteiger partial charge is 0.484 e. The van der Waals surface area contributed by atoms with Gasteiger partial charge < -0.3 is 15.0 Å². The second-order valence-electron chi connectivity index (χ2n) is 6.20. The summed E-state index contributed by atoms with van der Waals surface area (Å²) in [6.45, 7) is 3.89. The second-order valence-corrected chi connectivity index (χ2v) is 6.20. The SMILES string of the molecule is CCN(Cc1ccccc1)c1ccc(NC(=O)COc2ccccc2)cc1. The van der Waals surface area contributed by atoms with Gasteiger partial charge >= 0.3 is 0 Å². The van der Waals surface area contributed by atoms with Crippen LogP contribution in [0.3, 0.4) is 0 Å². The average molecular weight is 360 g/mol. The molecule has 0 aliphatic carbocycles. The highest BCUT2D eigenvalue weighted by Gasteiger charge is 2.07. The van der Waals surface area contributed by atoms with Gasteiger partial charge in [0.2, 0.25) is 0 Å². The molecule has 0 bridgehead atoms. The topological polar surface area (TPSA) is 41.6 Å². The molecule has 1 N–H and O–H groups in total. The minimum atomic E-state index is -0.178. The number of hydrogen-bond acceptors (Lipinski definition) is 3. The standard InChI is InChI=1S/C23H24N2O2/c1-2-25(17-19-9-5-3-6-10-19)21-15-13-20(14-16-21)24-23(26)18-27-22-11-7-4-8-12-22/h3-16H,2,17-18H2,1H3,(H,24,26).